The summed E-state index contributed by atoms with van der Waals surface area (Å²) in [5.74, 6) is -1.64. The van der Waals surface area contributed by atoms with Crippen LogP contribution in [0.25, 0.3) is 10.9 Å². The third kappa shape index (κ3) is 1.93. The van der Waals surface area contributed by atoms with Crippen LogP contribution in [0.2, 0.25) is 0 Å². The number of aromatic nitrogens is 1. The van der Waals surface area contributed by atoms with Gasteiger partial charge in [0.05, 0.1) is 16.6 Å². The Bertz CT molecular complexity index is 593. The molecular formula is C11H6F3NO2. The van der Waals surface area contributed by atoms with Gasteiger partial charge in [-0.25, -0.2) is 4.79 Å². The normalized spacial score (nSPS) is 11.7. The Kier molecular flexibility index (Phi) is 2.49. The summed E-state index contributed by atoms with van der Waals surface area (Å²) in [5.41, 5.74) is -2.15. The van der Waals surface area contributed by atoms with Crippen molar-refractivity contribution in [2.45, 2.75) is 6.18 Å². The predicted octanol–water partition coefficient (Wildman–Crippen LogP) is 2.95. The number of alkyl halides is 3. The number of hydrogen-bond acceptors (Lipinski definition) is 2. The molecule has 0 aliphatic rings. The Labute approximate surface area is 93.5 Å². The molecule has 2 rings (SSSR count). The lowest BCUT2D eigenvalue weighted by Gasteiger charge is -2.11. The molecule has 0 saturated heterocycles. The molecule has 1 aromatic carbocycles. The maximum absolute atomic E-state index is 12.6. The van der Waals surface area contributed by atoms with Gasteiger partial charge in [-0.1, -0.05) is 12.1 Å². The molecule has 1 aromatic heterocycles. The Morgan fingerprint density at radius 1 is 1.24 bits per heavy atom. The van der Waals surface area contributed by atoms with E-state index in [1.165, 1.54) is 24.4 Å². The van der Waals surface area contributed by atoms with Crippen LogP contribution in [-0.2, 0) is 6.18 Å². The minimum Gasteiger partial charge on any atom is -0.478 e. The minimum absolute atomic E-state index is 0.158. The second kappa shape index (κ2) is 3.73. The van der Waals surface area contributed by atoms with Gasteiger partial charge >= 0.3 is 12.1 Å². The molecule has 0 fully saturated rings. The molecule has 17 heavy (non-hydrogen) atoms. The molecule has 0 unspecified atom stereocenters. The average molecular weight is 241 g/mol. The first-order chi connectivity index (χ1) is 7.91. The van der Waals surface area contributed by atoms with Crippen molar-refractivity contribution < 1.29 is 23.1 Å². The first-order valence-electron chi connectivity index (χ1n) is 4.59. The zero-order valence-corrected chi connectivity index (χ0v) is 8.32. The highest BCUT2D eigenvalue weighted by atomic mass is 19.4. The van der Waals surface area contributed by atoms with Gasteiger partial charge in [0.1, 0.15) is 0 Å². The largest absolute Gasteiger partial charge is 0.478 e. The molecule has 0 spiro atoms. The van der Waals surface area contributed by atoms with Gasteiger partial charge in [-0.3, -0.25) is 4.98 Å². The number of hydrogen-bond donors (Lipinski definition) is 1. The van der Waals surface area contributed by atoms with Gasteiger partial charge in [-0.05, 0) is 12.1 Å². The van der Waals surface area contributed by atoms with Crippen LogP contribution in [0.5, 0.6) is 0 Å². The number of pyridine rings is 1. The van der Waals surface area contributed by atoms with Crippen LogP contribution in [0.3, 0.4) is 0 Å². The number of nitrogens with zero attached hydrogens (tertiary/aromatic N) is 1. The highest BCUT2D eigenvalue weighted by Crippen LogP contribution is 2.34. The molecule has 0 aliphatic carbocycles. The van der Waals surface area contributed by atoms with Gasteiger partial charge in [0.2, 0.25) is 0 Å². The monoisotopic (exact) mass is 241 g/mol. The fraction of sp³-hybridized carbons (Fsp3) is 0.0909. The van der Waals surface area contributed by atoms with E-state index >= 15 is 0 Å². The Balaban J connectivity index is 2.87. The summed E-state index contributed by atoms with van der Waals surface area (Å²) in [7, 11) is 0. The van der Waals surface area contributed by atoms with Crippen LogP contribution in [0.1, 0.15) is 15.9 Å². The summed E-state index contributed by atoms with van der Waals surface area (Å²) in [6.45, 7) is 0. The second-order valence-corrected chi connectivity index (χ2v) is 3.37. The number of carboxylic acid groups (broad SMARTS) is 1. The van der Waals surface area contributed by atoms with Crippen molar-refractivity contribution in [1.29, 1.82) is 0 Å². The first-order valence-corrected chi connectivity index (χ1v) is 4.59. The van der Waals surface area contributed by atoms with E-state index in [1.807, 2.05) is 0 Å². The average Bonchev–Trinajstić information content (AvgIpc) is 2.26. The molecule has 6 heteroatoms. The lowest BCUT2D eigenvalue weighted by molar-refractivity contribution is -0.138. The lowest BCUT2D eigenvalue weighted by Crippen LogP contribution is -2.13. The summed E-state index contributed by atoms with van der Waals surface area (Å²) in [5, 5.41) is 9.25. The maximum atomic E-state index is 12.6. The topological polar surface area (TPSA) is 50.2 Å². The van der Waals surface area contributed by atoms with Crippen LogP contribution in [0.15, 0.2) is 30.5 Å². The van der Waals surface area contributed by atoms with E-state index in [4.69, 9.17) is 5.11 Å². The van der Waals surface area contributed by atoms with Gasteiger partial charge in [0.25, 0.3) is 0 Å². The zero-order chi connectivity index (χ0) is 12.6. The van der Waals surface area contributed by atoms with Gasteiger partial charge < -0.3 is 5.11 Å². The third-order valence-electron chi connectivity index (χ3n) is 2.29. The molecule has 88 valence electrons. The van der Waals surface area contributed by atoms with E-state index in [-0.39, 0.29) is 5.52 Å². The first kappa shape index (κ1) is 11.4. The van der Waals surface area contributed by atoms with Crippen LogP contribution in [0.4, 0.5) is 13.2 Å². The fourth-order valence-electron chi connectivity index (χ4n) is 1.60. The van der Waals surface area contributed by atoms with Gasteiger partial charge in [0, 0.05) is 11.6 Å². The van der Waals surface area contributed by atoms with Gasteiger partial charge in [-0.15, -0.1) is 0 Å². The van der Waals surface area contributed by atoms with Crippen LogP contribution in [0, 0.1) is 0 Å². The van der Waals surface area contributed by atoms with Crippen LogP contribution in [-0.4, -0.2) is 16.1 Å². The Morgan fingerprint density at radius 3 is 2.53 bits per heavy atom. The highest BCUT2D eigenvalue weighted by molar-refractivity contribution is 6.03. The standard InChI is InChI=1S/C11H6F3NO2/c12-11(13,14)7-4-3-6-2-1-5-15-9(6)8(7)10(16)17/h1-5H,(H,16,17). The molecule has 0 aliphatic heterocycles. The molecule has 0 saturated carbocycles. The van der Waals surface area contributed by atoms with Crippen molar-refractivity contribution >= 4 is 16.9 Å². The molecule has 0 bridgehead atoms. The van der Waals surface area contributed by atoms with Crippen molar-refractivity contribution in [3.8, 4) is 0 Å². The molecule has 2 aromatic rings. The molecule has 0 radical (unpaired) electrons. The lowest BCUT2D eigenvalue weighted by atomic mass is 10.0. The fourth-order valence-corrected chi connectivity index (χ4v) is 1.60. The van der Waals surface area contributed by atoms with Gasteiger partial charge in [-0.2, -0.15) is 13.2 Å². The molecular weight excluding hydrogens is 235 g/mol. The number of aromatic carboxylic acids is 1. The molecule has 3 nitrogen and oxygen atoms in total. The molecule has 0 amide bonds. The smallest absolute Gasteiger partial charge is 0.417 e. The number of carbonyl (C=O) groups is 1. The molecule has 0 atom stereocenters. The van der Waals surface area contributed by atoms with Crippen molar-refractivity contribution in [3.05, 3.63) is 41.6 Å². The minimum atomic E-state index is -4.71. The van der Waals surface area contributed by atoms with Crippen LogP contribution < -0.4 is 0 Å². The molecule has 1 heterocycles. The number of carboxylic acids is 1. The highest BCUT2D eigenvalue weighted by Gasteiger charge is 2.36. The predicted molar refractivity (Wildman–Crippen MR) is 53.7 cm³/mol. The van der Waals surface area contributed by atoms with E-state index < -0.39 is 23.3 Å². The van der Waals surface area contributed by atoms with Gasteiger partial charge in [0.15, 0.2) is 0 Å². The van der Waals surface area contributed by atoms with Crippen molar-refractivity contribution in [1.82, 2.24) is 4.98 Å². The van der Waals surface area contributed by atoms with Crippen molar-refractivity contribution in [2.75, 3.05) is 0 Å². The number of halogens is 3. The summed E-state index contributed by atoms with van der Waals surface area (Å²) in [6, 6.07) is 5.00. The van der Waals surface area contributed by atoms with Crippen LogP contribution >= 0.6 is 0 Å². The Hall–Kier alpha value is -2.11. The molecule has 1 N–H and O–H groups in total. The third-order valence-corrected chi connectivity index (χ3v) is 2.29. The number of benzene rings is 1. The van der Waals surface area contributed by atoms with E-state index in [1.54, 1.807) is 0 Å². The quantitative estimate of drug-likeness (QED) is 0.835. The Morgan fingerprint density at radius 2 is 1.94 bits per heavy atom. The summed E-state index contributed by atoms with van der Waals surface area (Å²) >= 11 is 0. The van der Waals surface area contributed by atoms with E-state index in [2.05, 4.69) is 4.98 Å². The SMILES string of the molecule is O=C(O)c1c(C(F)(F)F)ccc2cccnc12. The van der Waals surface area contributed by atoms with Crippen molar-refractivity contribution in [3.63, 3.8) is 0 Å². The van der Waals surface area contributed by atoms with Crippen molar-refractivity contribution in [2.24, 2.45) is 0 Å². The van der Waals surface area contributed by atoms with E-state index in [9.17, 15) is 18.0 Å². The number of fused-ring (bicyclic) bond motifs is 1. The maximum Gasteiger partial charge on any atom is 0.417 e. The summed E-state index contributed by atoms with van der Waals surface area (Å²) in [4.78, 5) is 14.6. The van der Waals surface area contributed by atoms with E-state index in [0.717, 1.165) is 6.07 Å². The van der Waals surface area contributed by atoms with E-state index in [0.29, 0.717) is 5.39 Å². The second-order valence-electron chi connectivity index (χ2n) is 3.37. The zero-order valence-electron chi connectivity index (χ0n) is 8.32. The summed E-state index contributed by atoms with van der Waals surface area (Å²) in [6.07, 6.45) is -3.45. The summed E-state index contributed by atoms with van der Waals surface area (Å²) < 4.78 is 37.9. The number of rotatable bonds is 1.